The third kappa shape index (κ3) is 61.1. The van der Waals surface area contributed by atoms with Gasteiger partial charge in [0.05, 0.1) is 0 Å². The quantitative estimate of drug-likeness (QED) is 0.0338. The van der Waals surface area contributed by atoms with Gasteiger partial charge in [0.25, 0.3) is 0 Å². The van der Waals surface area contributed by atoms with Gasteiger partial charge in [-0.1, -0.05) is 185 Å². The van der Waals surface area contributed by atoms with Crippen LogP contribution >= 0.6 is 0 Å². The standard InChI is InChI=1S/C15H27NO.C14H29NO.C14H27NO.C13H27NO.C13H23NO.C12H25NO/c1-4-5-10-14(15(17)16-12(2)3)11-13-8-6-7-9-13;2*1-7-8-9-12(10-14(4,5)6)13(16)15-11(2)3;1-7-8-9-11(13(4,5)6)12(15)14-10(2)3;1-6-7-8-12(9-10(2)3)13(15)14-11(4)5;1-6-7-8-11(9(2)3)12(14)13-10(4)5/h4,12-14H,1,5-11H2,2-3H3,(H,16,17);11-12H,7-10H2,1-6H3,(H,15,16);7,11-12H,1,8-10H2,2-6H3,(H,15,16);10-11H,7-9H2,1-6H3,(H,14,15);6,11-12H,1-2,7-9H2,3-5H3,(H,14,15);9-11H,6-8H2,1-5H3,(H,13,14). The molecule has 548 valence electrons. The Morgan fingerprint density at radius 2 is 0.720 bits per heavy atom. The lowest BCUT2D eigenvalue weighted by Gasteiger charge is -2.30. The molecule has 93 heavy (non-hydrogen) atoms. The van der Waals surface area contributed by atoms with Crippen molar-refractivity contribution in [3.8, 4) is 0 Å². The van der Waals surface area contributed by atoms with Crippen molar-refractivity contribution in [2.24, 2.45) is 63.6 Å². The van der Waals surface area contributed by atoms with E-state index in [0.717, 1.165) is 133 Å². The summed E-state index contributed by atoms with van der Waals surface area (Å²) in [5, 5.41) is 18.0. The van der Waals surface area contributed by atoms with Gasteiger partial charge in [-0.2, -0.15) is 0 Å². The van der Waals surface area contributed by atoms with Crippen molar-refractivity contribution < 1.29 is 28.8 Å². The number of allylic oxidation sites excluding steroid dienone is 4. The molecule has 1 aliphatic rings. The molecule has 0 heterocycles. The van der Waals surface area contributed by atoms with Crippen LogP contribution in [-0.4, -0.2) is 71.7 Å². The zero-order valence-corrected chi connectivity index (χ0v) is 66.4. The zero-order valence-electron chi connectivity index (χ0n) is 66.4. The Morgan fingerprint density at radius 1 is 0.419 bits per heavy atom. The molecule has 0 saturated heterocycles. The zero-order chi connectivity index (χ0) is 73.3. The van der Waals surface area contributed by atoms with Crippen molar-refractivity contribution in [1.82, 2.24) is 31.9 Å². The van der Waals surface area contributed by atoms with Crippen molar-refractivity contribution in [2.75, 3.05) is 0 Å². The highest BCUT2D eigenvalue weighted by Crippen LogP contribution is 2.33. The lowest BCUT2D eigenvalue weighted by molar-refractivity contribution is -0.129. The molecule has 6 amide bonds. The third-order valence-corrected chi connectivity index (χ3v) is 15.8. The Balaban J connectivity index is -0.000000333. The summed E-state index contributed by atoms with van der Waals surface area (Å²) in [6, 6.07) is 1.41. The van der Waals surface area contributed by atoms with Crippen LogP contribution in [0.5, 0.6) is 0 Å². The van der Waals surface area contributed by atoms with Crippen LogP contribution in [0.3, 0.4) is 0 Å². The van der Waals surface area contributed by atoms with Gasteiger partial charge in [-0.15, -0.1) is 26.3 Å². The second kappa shape index (κ2) is 55.9. The summed E-state index contributed by atoms with van der Waals surface area (Å²) in [6.07, 6.45) is 30.2. The van der Waals surface area contributed by atoms with Crippen LogP contribution in [0, 0.1) is 63.6 Å². The topological polar surface area (TPSA) is 175 Å². The smallest absolute Gasteiger partial charge is 0.223 e. The highest BCUT2D eigenvalue weighted by Gasteiger charge is 2.31. The van der Waals surface area contributed by atoms with Crippen molar-refractivity contribution in [1.29, 1.82) is 0 Å². The summed E-state index contributed by atoms with van der Waals surface area (Å²) in [5.74, 6) is 3.33. The van der Waals surface area contributed by atoms with E-state index in [1.165, 1.54) is 25.7 Å². The van der Waals surface area contributed by atoms with Crippen LogP contribution in [0.1, 0.15) is 335 Å². The van der Waals surface area contributed by atoms with E-state index >= 15 is 0 Å². The third-order valence-electron chi connectivity index (χ3n) is 15.8. The summed E-state index contributed by atoms with van der Waals surface area (Å²) in [6.45, 7) is 71.4. The molecular weight excluding hydrogens is 1150 g/mol. The second-order valence-electron chi connectivity index (χ2n) is 32.6. The Bertz CT molecular complexity index is 1980. The maximum Gasteiger partial charge on any atom is 0.223 e. The minimum Gasteiger partial charge on any atom is -0.354 e. The summed E-state index contributed by atoms with van der Waals surface area (Å²) in [4.78, 5) is 71.7. The van der Waals surface area contributed by atoms with Crippen LogP contribution in [0.4, 0.5) is 0 Å². The first-order valence-corrected chi connectivity index (χ1v) is 37.2. The van der Waals surface area contributed by atoms with Crippen LogP contribution in [0.15, 0.2) is 50.1 Å². The monoisotopic (exact) mass is 1310 g/mol. The molecule has 6 unspecified atom stereocenters. The summed E-state index contributed by atoms with van der Waals surface area (Å²) in [7, 11) is 0. The van der Waals surface area contributed by atoms with Gasteiger partial charge in [-0.25, -0.2) is 0 Å². The van der Waals surface area contributed by atoms with Gasteiger partial charge in [0.2, 0.25) is 35.4 Å². The fourth-order valence-electron chi connectivity index (χ4n) is 11.2. The van der Waals surface area contributed by atoms with Gasteiger partial charge < -0.3 is 31.9 Å². The van der Waals surface area contributed by atoms with E-state index in [1.54, 1.807) is 0 Å². The van der Waals surface area contributed by atoms with Gasteiger partial charge in [0.1, 0.15) is 0 Å². The van der Waals surface area contributed by atoms with Crippen molar-refractivity contribution >= 4 is 35.4 Å². The van der Waals surface area contributed by atoms with Crippen molar-refractivity contribution in [3.05, 3.63) is 50.1 Å². The average Bonchev–Trinajstić information content (AvgIpc) is 1.36. The first kappa shape index (κ1) is 97.5. The molecule has 12 heteroatoms. The molecule has 6 N–H and O–H groups in total. The maximum atomic E-state index is 12.1. The van der Waals surface area contributed by atoms with Crippen molar-refractivity contribution in [2.45, 2.75) is 371 Å². The van der Waals surface area contributed by atoms with Gasteiger partial charge in [0, 0.05) is 71.8 Å². The first-order valence-electron chi connectivity index (χ1n) is 37.2. The minimum atomic E-state index is 0.0444. The SMILES string of the molecule is C=CCCC(CC(=C)C)C(=O)NC(C)C.C=CCCC(CC(C)(C)C)C(=O)NC(C)C.C=CCCC(CC1CCCC1)C(=O)NC(C)C.CCCCC(C(=O)NC(C)C)C(C)(C)C.CCCCC(C(=O)NC(C)C)C(C)C.CCCCC(CC(C)(C)C)C(=O)NC(C)C. The van der Waals surface area contributed by atoms with E-state index in [2.05, 4.69) is 155 Å². The maximum absolute atomic E-state index is 12.1. The Morgan fingerprint density at radius 3 is 1.04 bits per heavy atom. The Labute approximate surface area is 577 Å². The van der Waals surface area contributed by atoms with Crippen LogP contribution in [0.25, 0.3) is 0 Å². The minimum absolute atomic E-state index is 0.0444. The molecular formula is C81H158N6O6. The van der Waals surface area contributed by atoms with E-state index in [9.17, 15) is 28.8 Å². The summed E-state index contributed by atoms with van der Waals surface area (Å²) >= 11 is 0. The second-order valence-corrected chi connectivity index (χ2v) is 32.6. The molecule has 0 aromatic carbocycles. The molecule has 0 radical (unpaired) electrons. The number of unbranched alkanes of at least 4 members (excludes halogenated alkanes) is 3. The molecule has 0 aliphatic heterocycles. The fraction of sp³-hybridized carbons (Fsp3) is 0.827. The molecule has 1 rings (SSSR count). The highest BCUT2D eigenvalue weighted by molar-refractivity contribution is 5.81. The number of hydrogen-bond donors (Lipinski definition) is 6. The normalized spacial score (nSPS) is 14.3. The molecule has 12 nitrogen and oxygen atoms in total. The predicted molar refractivity (Wildman–Crippen MR) is 406 cm³/mol. The van der Waals surface area contributed by atoms with Crippen LogP contribution in [0.2, 0.25) is 0 Å². The molecule has 1 fully saturated rings. The summed E-state index contributed by atoms with van der Waals surface area (Å²) in [5.41, 5.74) is 1.55. The lowest BCUT2D eigenvalue weighted by Crippen LogP contribution is -2.41. The van der Waals surface area contributed by atoms with E-state index in [4.69, 9.17) is 0 Å². The van der Waals surface area contributed by atoms with Gasteiger partial charge in [0.15, 0.2) is 0 Å². The van der Waals surface area contributed by atoms with Gasteiger partial charge in [-0.3, -0.25) is 28.8 Å². The number of nitrogens with one attached hydrogen (secondary N) is 6. The molecule has 1 saturated carbocycles. The Hall–Kier alpha value is -4.22. The highest BCUT2D eigenvalue weighted by atomic mass is 16.2. The summed E-state index contributed by atoms with van der Waals surface area (Å²) < 4.78 is 0. The molecule has 0 aromatic rings. The number of hydrogen-bond acceptors (Lipinski definition) is 6. The largest absolute Gasteiger partial charge is 0.354 e. The molecule has 6 atom stereocenters. The predicted octanol–water partition coefficient (Wildman–Crippen LogP) is 20.4. The van der Waals surface area contributed by atoms with Crippen molar-refractivity contribution in [3.63, 3.8) is 0 Å². The van der Waals surface area contributed by atoms with Crippen LogP contribution < -0.4 is 31.9 Å². The fourth-order valence-corrected chi connectivity index (χ4v) is 11.2. The van der Waals surface area contributed by atoms with Crippen LogP contribution in [-0.2, 0) is 28.8 Å². The average molecular weight is 1310 g/mol. The first-order chi connectivity index (χ1) is 42.9. The van der Waals surface area contributed by atoms with E-state index in [0.29, 0.717) is 5.92 Å². The number of rotatable bonds is 37. The Kier molecular flexibility index (Phi) is 58.5. The number of amides is 6. The number of carbonyl (C=O) groups excluding carboxylic acids is 6. The molecule has 1 aliphatic carbocycles. The molecule has 0 bridgehead atoms. The number of carbonyl (C=O) groups is 6. The molecule has 0 aromatic heterocycles. The van der Waals surface area contributed by atoms with E-state index < -0.39 is 0 Å². The van der Waals surface area contributed by atoms with E-state index in [-0.39, 0.29) is 123 Å². The van der Waals surface area contributed by atoms with Gasteiger partial charge in [-0.05, 0) is 202 Å². The molecule has 0 spiro atoms. The lowest BCUT2D eigenvalue weighted by atomic mass is 9.77. The van der Waals surface area contributed by atoms with E-state index in [1.807, 2.05) is 108 Å². The van der Waals surface area contributed by atoms with Gasteiger partial charge >= 0.3 is 0 Å².